The highest BCUT2D eigenvalue weighted by Crippen LogP contribution is 2.23. The molecule has 0 unspecified atom stereocenters. The summed E-state index contributed by atoms with van der Waals surface area (Å²) in [7, 11) is 7.10. The maximum atomic E-state index is 12.4. The van der Waals surface area contributed by atoms with Gasteiger partial charge in [0.25, 0.3) is 5.91 Å². The zero-order chi connectivity index (χ0) is 17.0. The van der Waals surface area contributed by atoms with Gasteiger partial charge in [0.2, 0.25) is 0 Å². The van der Waals surface area contributed by atoms with Crippen molar-refractivity contribution in [2.45, 2.75) is 12.5 Å². The molecule has 2 rings (SSSR count). The van der Waals surface area contributed by atoms with E-state index < -0.39 is 0 Å². The molecule has 23 heavy (non-hydrogen) atoms. The molecule has 1 aromatic rings. The van der Waals surface area contributed by atoms with Crippen molar-refractivity contribution in [3.8, 4) is 5.75 Å². The number of anilines is 1. The number of urea groups is 1. The van der Waals surface area contributed by atoms with E-state index in [1.54, 1.807) is 30.1 Å². The lowest BCUT2D eigenvalue weighted by Crippen LogP contribution is -2.36. The van der Waals surface area contributed by atoms with Gasteiger partial charge in [-0.05, 0) is 38.7 Å². The van der Waals surface area contributed by atoms with Gasteiger partial charge in [-0.1, -0.05) is 0 Å². The summed E-state index contributed by atoms with van der Waals surface area (Å²) in [6.07, 6.45) is 0.965. The average molecular weight is 320 g/mol. The molecule has 2 N–H and O–H groups in total. The first-order valence-corrected chi connectivity index (χ1v) is 7.58. The van der Waals surface area contributed by atoms with Gasteiger partial charge < -0.3 is 25.2 Å². The predicted octanol–water partition coefficient (Wildman–Crippen LogP) is 1.22. The molecule has 0 bridgehead atoms. The lowest BCUT2D eigenvalue weighted by atomic mass is 10.1. The van der Waals surface area contributed by atoms with Crippen molar-refractivity contribution in [1.82, 2.24) is 15.1 Å². The van der Waals surface area contributed by atoms with Crippen molar-refractivity contribution in [3.63, 3.8) is 0 Å². The van der Waals surface area contributed by atoms with Crippen molar-refractivity contribution in [1.29, 1.82) is 0 Å². The highest BCUT2D eigenvalue weighted by molar-refractivity contribution is 5.99. The molecule has 7 nitrogen and oxygen atoms in total. The highest BCUT2D eigenvalue weighted by atomic mass is 16.5. The summed E-state index contributed by atoms with van der Waals surface area (Å²) in [5.74, 6) is 0.211. The maximum absolute atomic E-state index is 12.4. The van der Waals surface area contributed by atoms with Crippen LogP contribution in [0, 0.1) is 0 Å². The first-order chi connectivity index (χ1) is 11.0. The minimum atomic E-state index is -0.258. The van der Waals surface area contributed by atoms with Gasteiger partial charge in [0.05, 0.1) is 12.7 Å². The Morgan fingerprint density at radius 1 is 1.35 bits per heavy atom. The molecule has 0 aliphatic carbocycles. The first kappa shape index (κ1) is 17.1. The first-order valence-electron chi connectivity index (χ1n) is 7.58. The Morgan fingerprint density at radius 2 is 2.09 bits per heavy atom. The molecule has 1 atom stereocenters. The molecule has 1 aliphatic rings. The quantitative estimate of drug-likeness (QED) is 0.875. The number of hydrogen-bond acceptors (Lipinski definition) is 4. The molecule has 7 heteroatoms. The van der Waals surface area contributed by atoms with Crippen LogP contribution in [-0.2, 0) is 0 Å². The summed E-state index contributed by atoms with van der Waals surface area (Å²) in [4.78, 5) is 28.2. The van der Waals surface area contributed by atoms with Crippen LogP contribution in [0.15, 0.2) is 18.2 Å². The van der Waals surface area contributed by atoms with Crippen molar-refractivity contribution >= 4 is 17.6 Å². The van der Waals surface area contributed by atoms with Crippen molar-refractivity contribution in [2.75, 3.05) is 46.7 Å². The number of nitrogens with one attached hydrogen (secondary N) is 2. The van der Waals surface area contributed by atoms with E-state index in [9.17, 15) is 9.59 Å². The van der Waals surface area contributed by atoms with E-state index in [2.05, 4.69) is 15.5 Å². The summed E-state index contributed by atoms with van der Waals surface area (Å²) in [6.45, 7) is 1.43. The van der Waals surface area contributed by atoms with Gasteiger partial charge in [0.1, 0.15) is 5.75 Å². The number of carbonyl (C=O) groups excluding carboxylic acids is 2. The van der Waals surface area contributed by atoms with Crippen LogP contribution < -0.4 is 15.4 Å². The maximum Gasteiger partial charge on any atom is 0.321 e. The van der Waals surface area contributed by atoms with Gasteiger partial charge >= 0.3 is 6.03 Å². The Hall–Kier alpha value is -2.28. The van der Waals surface area contributed by atoms with E-state index in [-0.39, 0.29) is 11.9 Å². The summed E-state index contributed by atoms with van der Waals surface area (Å²) >= 11 is 0. The van der Waals surface area contributed by atoms with Crippen molar-refractivity contribution in [3.05, 3.63) is 23.8 Å². The number of rotatable bonds is 4. The van der Waals surface area contributed by atoms with E-state index in [1.807, 2.05) is 14.1 Å². The minimum Gasteiger partial charge on any atom is -0.496 e. The van der Waals surface area contributed by atoms with E-state index >= 15 is 0 Å². The second-order valence-corrected chi connectivity index (χ2v) is 5.78. The van der Waals surface area contributed by atoms with Crippen LogP contribution in [0.25, 0.3) is 0 Å². The molecule has 126 valence electrons. The molecule has 1 aromatic carbocycles. The number of ether oxygens (including phenoxy) is 1. The molecule has 1 fully saturated rings. The second-order valence-electron chi connectivity index (χ2n) is 5.78. The summed E-state index contributed by atoms with van der Waals surface area (Å²) in [5.41, 5.74) is 0.961. The normalized spacial score (nSPS) is 17.3. The monoisotopic (exact) mass is 320 g/mol. The summed E-state index contributed by atoms with van der Waals surface area (Å²) < 4.78 is 5.18. The fourth-order valence-electron chi connectivity index (χ4n) is 2.65. The standard InChI is InChI=1S/C16H24N4O3/c1-17-15(21)13-9-11(5-6-14(13)23-4)18-16(22)20-8-7-12(10-20)19(2)3/h5-6,9,12H,7-8,10H2,1-4H3,(H,17,21)(H,18,22)/t12-/m0/s1. The van der Waals surface area contributed by atoms with Gasteiger partial charge in [-0.15, -0.1) is 0 Å². The second kappa shape index (κ2) is 7.32. The smallest absolute Gasteiger partial charge is 0.321 e. The Kier molecular flexibility index (Phi) is 5.44. The largest absolute Gasteiger partial charge is 0.496 e. The molecule has 0 saturated carbocycles. The number of hydrogen-bond donors (Lipinski definition) is 2. The van der Waals surface area contributed by atoms with Crippen LogP contribution in [0.4, 0.5) is 10.5 Å². The molecule has 0 aromatic heterocycles. The molecule has 0 radical (unpaired) electrons. The third-order valence-corrected chi connectivity index (χ3v) is 4.10. The van der Waals surface area contributed by atoms with Crippen LogP contribution >= 0.6 is 0 Å². The number of carbonyl (C=O) groups is 2. The SMILES string of the molecule is CNC(=O)c1cc(NC(=O)N2CC[C@H](N(C)C)C2)ccc1OC. The number of methoxy groups -OCH3 is 1. The van der Waals surface area contributed by atoms with E-state index in [0.717, 1.165) is 13.0 Å². The fourth-order valence-corrected chi connectivity index (χ4v) is 2.65. The fraction of sp³-hybridized carbons (Fsp3) is 0.500. The topological polar surface area (TPSA) is 73.9 Å². The third kappa shape index (κ3) is 3.92. The number of likely N-dealkylation sites (tertiary alicyclic amines) is 1. The number of likely N-dealkylation sites (N-methyl/N-ethyl adjacent to an activating group) is 1. The summed E-state index contributed by atoms with van der Waals surface area (Å²) in [6, 6.07) is 5.25. The van der Waals surface area contributed by atoms with Crippen LogP contribution in [-0.4, -0.2) is 69.1 Å². The van der Waals surface area contributed by atoms with Crippen LogP contribution in [0.3, 0.4) is 0 Å². The van der Waals surface area contributed by atoms with Gasteiger partial charge in [0, 0.05) is 31.9 Å². The molecule has 1 heterocycles. The number of benzene rings is 1. The average Bonchev–Trinajstić information content (AvgIpc) is 3.04. The molecule has 0 spiro atoms. The Labute approximate surface area is 136 Å². The van der Waals surface area contributed by atoms with Crippen LogP contribution in [0.5, 0.6) is 5.75 Å². The lowest BCUT2D eigenvalue weighted by Gasteiger charge is -2.21. The number of nitrogens with zero attached hydrogens (tertiary/aromatic N) is 2. The molecule has 1 aliphatic heterocycles. The lowest BCUT2D eigenvalue weighted by molar-refractivity contribution is 0.0960. The van der Waals surface area contributed by atoms with Crippen LogP contribution in [0.2, 0.25) is 0 Å². The van der Waals surface area contributed by atoms with Gasteiger partial charge in [0.15, 0.2) is 0 Å². The molecular weight excluding hydrogens is 296 g/mol. The summed E-state index contributed by atoms with van der Waals surface area (Å²) in [5, 5.41) is 5.41. The Bertz CT molecular complexity index is 589. The highest BCUT2D eigenvalue weighted by Gasteiger charge is 2.27. The molecule has 1 saturated heterocycles. The zero-order valence-electron chi connectivity index (χ0n) is 14.0. The zero-order valence-corrected chi connectivity index (χ0v) is 14.0. The van der Waals surface area contributed by atoms with Gasteiger partial charge in [-0.3, -0.25) is 4.79 Å². The van der Waals surface area contributed by atoms with E-state index in [4.69, 9.17) is 4.74 Å². The van der Waals surface area contributed by atoms with Crippen molar-refractivity contribution < 1.29 is 14.3 Å². The third-order valence-electron chi connectivity index (χ3n) is 4.10. The van der Waals surface area contributed by atoms with Crippen LogP contribution in [0.1, 0.15) is 16.8 Å². The van der Waals surface area contributed by atoms with E-state index in [1.165, 1.54) is 7.11 Å². The Balaban J connectivity index is 2.08. The predicted molar refractivity (Wildman–Crippen MR) is 89.1 cm³/mol. The van der Waals surface area contributed by atoms with Gasteiger partial charge in [-0.25, -0.2) is 4.79 Å². The Morgan fingerprint density at radius 3 is 2.65 bits per heavy atom. The van der Waals surface area contributed by atoms with E-state index in [0.29, 0.717) is 29.6 Å². The van der Waals surface area contributed by atoms with Gasteiger partial charge in [-0.2, -0.15) is 0 Å². The molecule has 3 amide bonds. The number of amides is 3. The van der Waals surface area contributed by atoms with Crippen molar-refractivity contribution in [2.24, 2.45) is 0 Å². The molecular formula is C16H24N4O3. The minimum absolute atomic E-state index is 0.151.